The molecule has 2 atom stereocenters. The fourth-order valence-electron chi connectivity index (χ4n) is 4.25. The third-order valence-electron chi connectivity index (χ3n) is 5.76. The number of ether oxygens (including phenoxy) is 1. The number of nitrogens with two attached hydrogens (primary N) is 1. The predicted octanol–water partition coefficient (Wildman–Crippen LogP) is 2.62. The smallest absolute Gasteiger partial charge is 0.404 e. The van der Waals surface area contributed by atoms with Crippen molar-refractivity contribution in [3.63, 3.8) is 0 Å². The van der Waals surface area contributed by atoms with Gasteiger partial charge < -0.3 is 15.8 Å². The van der Waals surface area contributed by atoms with Gasteiger partial charge in [0.2, 0.25) is 17.7 Å². The van der Waals surface area contributed by atoms with Crippen LogP contribution in [0.1, 0.15) is 36.8 Å². The van der Waals surface area contributed by atoms with Crippen LogP contribution >= 0.6 is 0 Å². The molecule has 0 saturated carbocycles. The summed E-state index contributed by atoms with van der Waals surface area (Å²) in [6.07, 6.45) is -0.619. The molecular formula is C23H23N3O5. The first-order valence-electron chi connectivity index (χ1n) is 10.1. The standard InChI is InChI=1S/C23H23N3O5/c1-13-10-21(28)26(22(13)29)9-8-20(27)25-14-6-7-17-15-4-2-3-5-16(15)19(18(17)11-14)12-31-23(24)30/h2-7,11,13,19H,8-10,12H2,1H3,(H2,24,30)(H,25,27). The van der Waals surface area contributed by atoms with E-state index < -0.39 is 6.09 Å². The van der Waals surface area contributed by atoms with Crippen molar-refractivity contribution < 1.29 is 23.9 Å². The van der Waals surface area contributed by atoms with E-state index in [0.29, 0.717) is 5.69 Å². The monoisotopic (exact) mass is 421 g/mol. The summed E-state index contributed by atoms with van der Waals surface area (Å²) in [5, 5.41) is 2.83. The number of hydrogen-bond donors (Lipinski definition) is 2. The summed E-state index contributed by atoms with van der Waals surface area (Å²) >= 11 is 0. The lowest BCUT2D eigenvalue weighted by Gasteiger charge is -2.15. The summed E-state index contributed by atoms with van der Waals surface area (Å²) in [6, 6.07) is 13.4. The van der Waals surface area contributed by atoms with E-state index in [2.05, 4.69) is 5.32 Å². The van der Waals surface area contributed by atoms with Gasteiger partial charge in [0.05, 0.1) is 0 Å². The van der Waals surface area contributed by atoms with E-state index >= 15 is 0 Å². The van der Waals surface area contributed by atoms with E-state index in [1.54, 1.807) is 13.0 Å². The Balaban J connectivity index is 1.48. The zero-order valence-corrected chi connectivity index (χ0v) is 17.1. The first-order chi connectivity index (χ1) is 14.8. The van der Waals surface area contributed by atoms with Gasteiger partial charge in [0, 0.05) is 36.9 Å². The Labute approximate surface area is 179 Å². The Bertz CT molecular complexity index is 1080. The minimum atomic E-state index is -0.837. The predicted molar refractivity (Wildman–Crippen MR) is 113 cm³/mol. The lowest BCUT2D eigenvalue weighted by Crippen LogP contribution is -2.33. The first-order valence-corrected chi connectivity index (χ1v) is 10.1. The summed E-state index contributed by atoms with van der Waals surface area (Å²) in [4.78, 5) is 48.6. The molecule has 1 aliphatic carbocycles. The van der Waals surface area contributed by atoms with Crippen LogP contribution in [0.4, 0.5) is 10.5 Å². The number of rotatable bonds is 6. The van der Waals surface area contributed by atoms with Crippen LogP contribution in [-0.4, -0.2) is 41.9 Å². The fourth-order valence-corrected chi connectivity index (χ4v) is 4.25. The van der Waals surface area contributed by atoms with E-state index in [1.165, 1.54) is 0 Å². The van der Waals surface area contributed by atoms with Crippen molar-refractivity contribution in [1.29, 1.82) is 0 Å². The summed E-state index contributed by atoms with van der Waals surface area (Å²) in [5.74, 6) is -1.27. The Morgan fingerprint density at radius 2 is 1.87 bits per heavy atom. The highest BCUT2D eigenvalue weighted by molar-refractivity contribution is 6.03. The average Bonchev–Trinajstić information content (AvgIpc) is 3.17. The highest BCUT2D eigenvalue weighted by Crippen LogP contribution is 2.45. The van der Waals surface area contributed by atoms with Crippen molar-refractivity contribution in [2.75, 3.05) is 18.5 Å². The molecule has 4 rings (SSSR count). The van der Waals surface area contributed by atoms with Crippen molar-refractivity contribution >= 4 is 29.5 Å². The number of fused-ring (bicyclic) bond motifs is 3. The van der Waals surface area contributed by atoms with Crippen LogP contribution in [0.2, 0.25) is 0 Å². The van der Waals surface area contributed by atoms with Crippen LogP contribution in [0.25, 0.3) is 11.1 Å². The van der Waals surface area contributed by atoms with Gasteiger partial charge in [-0.1, -0.05) is 37.3 Å². The molecule has 2 aromatic carbocycles. The van der Waals surface area contributed by atoms with E-state index in [1.807, 2.05) is 36.4 Å². The Hall–Kier alpha value is -3.68. The Kier molecular flexibility index (Phi) is 5.46. The molecule has 0 aromatic heterocycles. The lowest BCUT2D eigenvalue weighted by molar-refractivity contribution is -0.139. The van der Waals surface area contributed by atoms with Crippen molar-refractivity contribution in [1.82, 2.24) is 4.90 Å². The maximum atomic E-state index is 12.4. The van der Waals surface area contributed by atoms with Gasteiger partial charge in [-0.2, -0.15) is 0 Å². The number of nitrogens with zero attached hydrogens (tertiary/aromatic N) is 1. The van der Waals surface area contributed by atoms with Gasteiger partial charge >= 0.3 is 6.09 Å². The number of nitrogens with one attached hydrogen (secondary N) is 1. The Morgan fingerprint density at radius 3 is 2.58 bits per heavy atom. The van der Waals surface area contributed by atoms with E-state index in [0.717, 1.165) is 27.2 Å². The van der Waals surface area contributed by atoms with Crippen molar-refractivity contribution in [2.24, 2.45) is 11.7 Å². The second kappa shape index (κ2) is 8.22. The zero-order valence-electron chi connectivity index (χ0n) is 17.1. The third-order valence-corrected chi connectivity index (χ3v) is 5.76. The zero-order chi connectivity index (χ0) is 22.1. The number of amides is 4. The molecule has 1 heterocycles. The second-order valence-corrected chi connectivity index (χ2v) is 7.86. The largest absolute Gasteiger partial charge is 0.449 e. The van der Waals surface area contributed by atoms with E-state index in [9.17, 15) is 19.2 Å². The van der Waals surface area contributed by atoms with Gasteiger partial charge in [0.25, 0.3) is 0 Å². The van der Waals surface area contributed by atoms with Crippen molar-refractivity contribution in [3.8, 4) is 11.1 Å². The van der Waals surface area contributed by atoms with Crippen LogP contribution in [0.5, 0.6) is 0 Å². The average molecular weight is 421 g/mol. The number of carbonyl (C=O) groups is 4. The number of primary amides is 1. The quantitative estimate of drug-likeness (QED) is 0.695. The van der Waals surface area contributed by atoms with Crippen LogP contribution in [0.15, 0.2) is 42.5 Å². The molecule has 0 radical (unpaired) electrons. The van der Waals surface area contributed by atoms with E-state index in [4.69, 9.17) is 10.5 Å². The summed E-state index contributed by atoms with van der Waals surface area (Å²) in [6.45, 7) is 1.88. The lowest BCUT2D eigenvalue weighted by atomic mass is 9.97. The van der Waals surface area contributed by atoms with Gasteiger partial charge in [-0.3, -0.25) is 19.3 Å². The van der Waals surface area contributed by atoms with Gasteiger partial charge in [-0.15, -0.1) is 0 Å². The summed E-state index contributed by atoms with van der Waals surface area (Å²) in [7, 11) is 0. The second-order valence-electron chi connectivity index (χ2n) is 7.86. The van der Waals surface area contributed by atoms with Crippen LogP contribution < -0.4 is 11.1 Å². The van der Waals surface area contributed by atoms with Gasteiger partial charge in [0.1, 0.15) is 6.61 Å². The molecule has 1 fully saturated rings. The molecule has 31 heavy (non-hydrogen) atoms. The number of benzene rings is 2. The molecule has 8 nitrogen and oxygen atoms in total. The third kappa shape index (κ3) is 4.01. The molecule has 2 aliphatic rings. The van der Waals surface area contributed by atoms with Crippen LogP contribution in [-0.2, 0) is 19.1 Å². The highest BCUT2D eigenvalue weighted by atomic mass is 16.5. The van der Waals surface area contributed by atoms with Gasteiger partial charge in [-0.05, 0) is 34.4 Å². The topological polar surface area (TPSA) is 119 Å². The maximum Gasteiger partial charge on any atom is 0.404 e. The van der Waals surface area contributed by atoms with Crippen LogP contribution in [0.3, 0.4) is 0 Å². The van der Waals surface area contributed by atoms with Crippen molar-refractivity contribution in [2.45, 2.75) is 25.7 Å². The van der Waals surface area contributed by atoms with Gasteiger partial charge in [-0.25, -0.2) is 4.79 Å². The maximum absolute atomic E-state index is 12.4. The highest BCUT2D eigenvalue weighted by Gasteiger charge is 2.35. The molecular weight excluding hydrogens is 398 g/mol. The molecule has 2 unspecified atom stereocenters. The SMILES string of the molecule is CC1CC(=O)N(CCC(=O)Nc2ccc3c(c2)C(COC(N)=O)c2ccccc2-3)C1=O. The summed E-state index contributed by atoms with van der Waals surface area (Å²) in [5.41, 5.74) is 9.76. The molecule has 1 aliphatic heterocycles. The van der Waals surface area contributed by atoms with Crippen LogP contribution in [0, 0.1) is 5.92 Å². The van der Waals surface area contributed by atoms with E-state index in [-0.39, 0.29) is 55.6 Å². The molecule has 1 saturated heterocycles. The molecule has 4 amide bonds. The molecule has 0 bridgehead atoms. The summed E-state index contributed by atoms with van der Waals surface area (Å²) < 4.78 is 5.07. The fraction of sp³-hybridized carbons (Fsp3) is 0.304. The molecule has 0 spiro atoms. The molecule has 8 heteroatoms. The number of hydrogen-bond acceptors (Lipinski definition) is 5. The minimum absolute atomic E-state index is 0.0235. The first kappa shape index (κ1) is 20.6. The normalized spacial score (nSPS) is 19.2. The van der Waals surface area contributed by atoms with Crippen molar-refractivity contribution in [3.05, 3.63) is 53.6 Å². The number of likely N-dealkylation sites (tertiary alicyclic amines) is 1. The number of carbonyl (C=O) groups excluding carboxylic acids is 4. The number of anilines is 1. The Morgan fingerprint density at radius 1 is 1.13 bits per heavy atom. The minimum Gasteiger partial charge on any atom is -0.449 e. The number of imide groups is 1. The van der Waals surface area contributed by atoms with Gasteiger partial charge in [0.15, 0.2) is 0 Å². The molecule has 2 aromatic rings. The molecule has 3 N–H and O–H groups in total. The molecule has 160 valence electrons.